The van der Waals surface area contributed by atoms with Crippen molar-refractivity contribution in [2.45, 2.75) is 51.6 Å². The minimum absolute atomic E-state index is 0.0599. The van der Waals surface area contributed by atoms with E-state index in [1.807, 2.05) is 18.7 Å². The zero-order valence-electron chi connectivity index (χ0n) is 18.3. The highest BCUT2D eigenvalue weighted by Gasteiger charge is 2.38. The van der Waals surface area contributed by atoms with Crippen LogP contribution in [-0.2, 0) is 0 Å². The van der Waals surface area contributed by atoms with Crippen molar-refractivity contribution in [1.82, 2.24) is 9.88 Å². The summed E-state index contributed by atoms with van der Waals surface area (Å²) in [7, 11) is 1.48. The molecule has 1 aliphatic carbocycles. The molecular weight excluding hydrogens is 401 g/mol. The Kier molecular flexibility index (Phi) is 5.92. The average molecular weight is 432 g/mol. The zero-order valence-corrected chi connectivity index (χ0v) is 18.3. The van der Waals surface area contributed by atoms with Gasteiger partial charge in [-0.15, -0.1) is 0 Å². The van der Waals surface area contributed by atoms with Gasteiger partial charge in [0.25, 0.3) is 0 Å². The molecule has 3 fully saturated rings. The standard InChI is InChI=1S/C21H24FN3O4.C2H6/c1-29-20-17-13(19(26)14(21(27)28)9-25(17)12-4-5-12)7-15(22)18(20)24-8-11-3-2-6-23-16(11)10-24;1-2/h7,9,11-12,16,23H,2-6,8,10H2,1H3,(H,27,28);1-2H3. The number of carboxylic acid groups (broad SMARTS) is 1. The van der Waals surface area contributed by atoms with Gasteiger partial charge in [0, 0.05) is 31.4 Å². The highest BCUT2D eigenvalue weighted by atomic mass is 19.1. The zero-order chi connectivity index (χ0) is 22.3. The van der Waals surface area contributed by atoms with E-state index in [2.05, 4.69) is 5.32 Å². The van der Waals surface area contributed by atoms with Crippen LogP contribution in [0.4, 0.5) is 10.1 Å². The molecule has 3 heterocycles. The summed E-state index contributed by atoms with van der Waals surface area (Å²) in [6, 6.07) is 1.62. The summed E-state index contributed by atoms with van der Waals surface area (Å²) < 4.78 is 22.8. The second kappa shape index (κ2) is 8.49. The molecule has 2 atom stereocenters. The van der Waals surface area contributed by atoms with Gasteiger partial charge >= 0.3 is 5.97 Å². The van der Waals surface area contributed by atoms with E-state index in [4.69, 9.17) is 4.74 Å². The Morgan fingerprint density at radius 3 is 2.61 bits per heavy atom. The van der Waals surface area contributed by atoms with E-state index in [0.717, 1.165) is 38.8 Å². The van der Waals surface area contributed by atoms with Crippen molar-refractivity contribution in [1.29, 1.82) is 0 Å². The molecule has 0 amide bonds. The minimum atomic E-state index is -1.30. The Balaban J connectivity index is 0.00000112. The lowest BCUT2D eigenvalue weighted by Crippen LogP contribution is -2.40. The average Bonchev–Trinajstić information content (AvgIpc) is 3.52. The summed E-state index contributed by atoms with van der Waals surface area (Å²) in [6.07, 6.45) is 5.40. The smallest absolute Gasteiger partial charge is 0.341 e. The van der Waals surface area contributed by atoms with Crippen LogP contribution in [0.2, 0.25) is 0 Å². The number of aromatic nitrogens is 1. The third kappa shape index (κ3) is 3.67. The molecule has 5 rings (SSSR count). The van der Waals surface area contributed by atoms with Gasteiger partial charge in [-0.3, -0.25) is 4.79 Å². The first-order valence-corrected chi connectivity index (χ1v) is 11.2. The van der Waals surface area contributed by atoms with Gasteiger partial charge in [-0.25, -0.2) is 9.18 Å². The first kappa shape index (κ1) is 21.6. The molecule has 168 valence electrons. The number of nitrogens with one attached hydrogen (secondary N) is 1. The summed E-state index contributed by atoms with van der Waals surface area (Å²) in [6.45, 7) is 6.40. The number of pyridine rings is 1. The molecule has 7 nitrogen and oxygen atoms in total. The van der Waals surface area contributed by atoms with E-state index in [1.54, 1.807) is 4.57 Å². The number of nitrogens with zero attached hydrogens (tertiary/aromatic N) is 2. The maximum atomic E-state index is 15.3. The molecule has 0 spiro atoms. The van der Waals surface area contributed by atoms with Gasteiger partial charge in [-0.05, 0) is 44.2 Å². The molecule has 2 saturated heterocycles. The van der Waals surface area contributed by atoms with Crippen LogP contribution in [0.3, 0.4) is 0 Å². The molecule has 2 aromatic rings. The molecule has 2 N–H and O–H groups in total. The third-order valence-corrected chi connectivity index (χ3v) is 6.49. The van der Waals surface area contributed by atoms with Crippen LogP contribution in [-0.4, -0.2) is 48.4 Å². The van der Waals surface area contributed by atoms with Crippen LogP contribution >= 0.6 is 0 Å². The van der Waals surface area contributed by atoms with Gasteiger partial charge in [0.2, 0.25) is 5.43 Å². The van der Waals surface area contributed by atoms with E-state index >= 15 is 4.39 Å². The normalized spacial score (nSPS) is 22.6. The van der Waals surface area contributed by atoms with Crippen molar-refractivity contribution in [2.75, 3.05) is 31.6 Å². The maximum Gasteiger partial charge on any atom is 0.341 e. The van der Waals surface area contributed by atoms with Crippen LogP contribution in [0.1, 0.15) is 55.9 Å². The number of halogens is 1. The van der Waals surface area contributed by atoms with Gasteiger partial charge in [0.15, 0.2) is 11.6 Å². The number of benzene rings is 1. The van der Waals surface area contributed by atoms with Gasteiger partial charge in [0.05, 0.1) is 18.0 Å². The molecule has 0 bridgehead atoms. The fourth-order valence-corrected chi connectivity index (χ4v) is 4.95. The largest absolute Gasteiger partial charge is 0.492 e. The van der Waals surface area contributed by atoms with Crippen LogP contribution in [0.5, 0.6) is 5.75 Å². The number of carbonyl (C=O) groups is 1. The van der Waals surface area contributed by atoms with Crippen molar-refractivity contribution in [3.63, 3.8) is 0 Å². The molecule has 31 heavy (non-hydrogen) atoms. The molecule has 2 unspecified atom stereocenters. The topological polar surface area (TPSA) is 83.8 Å². The first-order chi connectivity index (χ1) is 15.0. The molecule has 3 aliphatic rings. The van der Waals surface area contributed by atoms with E-state index in [0.29, 0.717) is 35.5 Å². The van der Waals surface area contributed by atoms with Crippen molar-refractivity contribution in [3.8, 4) is 5.75 Å². The quantitative estimate of drug-likeness (QED) is 0.772. The molecule has 1 saturated carbocycles. The summed E-state index contributed by atoms with van der Waals surface area (Å²) in [5.74, 6) is -1.07. The Morgan fingerprint density at radius 1 is 1.26 bits per heavy atom. The second-order valence-corrected chi connectivity index (χ2v) is 8.32. The van der Waals surface area contributed by atoms with E-state index in [9.17, 15) is 14.7 Å². The number of hydrogen-bond donors (Lipinski definition) is 2. The van der Waals surface area contributed by atoms with Gasteiger partial charge in [0.1, 0.15) is 11.3 Å². The molecule has 1 aromatic carbocycles. The minimum Gasteiger partial charge on any atom is -0.492 e. The molecule has 8 heteroatoms. The highest BCUT2D eigenvalue weighted by Crippen LogP contribution is 2.45. The van der Waals surface area contributed by atoms with Crippen LogP contribution in [0.25, 0.3) is 10.9 Å². The monoisotopic (exact) mass is 431 g/mol. The number of rotatable bonds is 4. The molecule has 1 aromatic heterocycles. The van der Waals surface area contributed by atoms with E-state index < -0.39 is 17.2 Å². The summed E-state index contributed by atoms with van der Waals surface area (Å²) >= 11 is 0. The van der Waals surface area contributed by atoms with Crippen LogP contribution < -0.4 is 20.4 Å². The fraction of sp³-hybridized carbons (Fsp3) is 0.565. The molecule has 2 aliphatic heterocycles. The summed E-state index contributed by atoms with van der Waals surface area (Å²) in [5.41, 5.74) is -0.155. The van der Waals surface area contributed by atoms with Crippen molar-refractivity contribution < 1.29 is 19.0 Å². The van der Waals surface area contributed by atoms with E-state index in [-0.39, 0.29) is 17.0 Å². The number of hydrogen-bond acceptors (Lipinski definition) is 5. The van der Waals surface area contributed by atoms with Crippen LogP contribution in [0.15, 0.2) is 17.1 Å². The van der Waals surface area contributed by atoms with Crippen molar-refractivity contribution in [2.24, 2.45) is 5.92 Å². The first-order valence-electron chi connectivity index (χ1n) is 11.2. The number of aromatic carboxylic acids is 1. The Labute approximate surface area is 180 Å². The van der Waals surface area contributed by atoms with Gasteiger partial charge in [-0.1, -0.05) is 13.8 Å². The Bertz CT molecular complexity index is 1050. The highest BCUT2D eigenvalue weighted by molar-refractivity contribution is 5.97. The fourth-order valence-electron chi connectivity index (χ4n) is 4.95. The number of ether oxygens (including phenoxy) is 1. The SMILES string of the molecule is CC.COc1c(N2CC3CCCNC3C2)c(F)cc2c(=O)c(C(=O)O)cn(C3CC3)c12. The Morgan fingerprint density at radius 2 is 2.00 bits per heavy atom. The lowest BCUT2D eigenvalue weighted by Gasteiger charge is -2.25. The lowest BCUT2D eigenvalue weighted by atomic mass is 9.94. The predicted molar refractivity (Wildman–Crippen MR) is 118 cm³/mol. The number of anilines is 1. The number of piperidine rings is 1. The molecular formula is C23H30FN3O4. The van der Waals surface area contributed by atoms with Gasteiger partial charge < -0.3 is 24.6 Å². The summed E-state index contributed by atoms with van der Waals surface area (Å²) in [5, 5.41) is 13.0. The van der Waals surface area contributed by atoms with Crippen LogP contribution in [0, 0.1) is 11.7 Å². The second-order valence-electron chi connectivity index (χ2n) is 8.32. The predicted octanol–water partition coefficient (Wildman–Crippen LogP) is 3.40. The Hall–Kier alpha value is -2.61. The van der Waals surface area contributed by atoms with E-state index in [1.165, 1.54) is 19.4 Å². The number of carboxylic acids is 1. The number of fused-ring (bicyclic) bond motifs is 2. The molecule has 0 radical (unpaired) electrons. The summed E-state index contributed by atoms with van der Waals surface area (Å²) in [4.78, 5) is 26.4. The third-order valence-electron chi connectivity index (χ3n) is 6.49. The number of methoxy groups -OCH3 is 1. The lowest BCUT2D eigenvalue weighted by molar-refractivity contribution is 0.0695. The van der Waals surface area contributed by atoms with Gasteiger partial charge in [-0.2, -0.15) is 0 Å². The van der Waals surface area contributed by atoms with Crippen molar-refractivity contribution in [3.05, 3.63) is 33.9 Å². The maximum absolute atomic E-state index is 15.3. The van der Waals surface area contributed by atoms with Crippen molar-refractivity contribution >= 4 is 22.6 Å².